The summed E-state index contributed by atoms with van der Waals surface area (Å²) in [6, 6.07) is 0.629. The minimum atomic E-state index is 0.172. The monoisotopic (exact) mass is 325 g/mol. The van der Waals surface area contributed by atoms with Gasteiger partial charge in [-0.05, 0) is 60.2 Å². The Balaban J connectivity index is 2.33. The molecule has 1 atom stereocenters. The maximum Gasteiger partial charge on any atom is 0.191 e. The summed E-state index contributed by atoms with van der Waals surface area (Å²) in [7, 11) is 4.03. The SMILES string of the molecule is CCC(C)N(C)CCNC(=NC)NCC(C)(C)N1CCCCC1. The second kappa shape index (κ2) is 10.1. The number of hydrogen-bond donors (Lipinski definition) is 2. The van der Waals surface area contributed by atoms with Gasteiger partial charge in [-0.25, -0.2) is 0 Å². The van der Waals surface area contributed by atoms with E-state index in [4.69, 9.17) is 0 Å². The van der Waals surface area contributed by atoms with Crippen LogP contribution in [0.15, 0.2) is 4.99 Å². The zero-order valence-corrected chi connectivity index (χ0v) is 16.3. The molecule has 0 radical (unpaired) electrons. The van der Waals surface area contributed by atoms with Crippen molar-refractivity contribution in [1.82, 2.24) is 20.4 Å². The normalized spacial score (nSPS) is 19.0. The largest absolute Gasteiger partial charge is 0.355 e. The lowest BCUT2D eigenvalue weighted by Gasteiger charge is -2.41. The van der Waals surface area contributed by atoms with Crippen molar-refractivity contribution in [3.8, 4) is 0 Å². The molecule has 1 rings (SSSR count). The molecule has 0 saturated carbocycles. The van der Waals surface area contributed by atoms with Crippen molar-refractivity contribution in [2.24, 2.45) is 4.99 Å². The van der Waals surface area contributed by atoms with Crippen LogP contribution >= 0.6 is 0 Å². The van der Waals surface area contributed by atoms with E-state index in [1.54, 1.807) is 0 Å². The van der Waals surface area contributed by atoms with Crippen LogP contribution in [-0.2, 0) is 0 Å². The van der Waals surface area contributed by atoms with Gasteiger partial charge in [-0.2, -0.15) is 0 Å². The molecule has 5 heteroatoms. The molecule has 0 bridgehead atoms. The lowest BCUT2D eigenvalue weighted by atomic mass is 9.98. The van der Waals surface area contributed by atoms with Crippen molar-refractivity contribution >= 4 is 5.96 Å². The third kappa shape index (κ3) is 7.08. The molecule has 1 saturated heterocycles. The second-order valence-electron chi connectivity index (χ2n) is 7.45. The average molecular weight is 326 g/mol. The Bertz CT molecular complexity index is 347. The highest BCUT2D eigenvalue weighted by Crippen LogP contribution is 2.19. The molecule has 1 aliphatic heterocycles. The number of likely N-dealkylation sites (N-methyl/N-ethyl adjacent to an activating group) is 1. The third-order valence-electron chi connectivity index (χ3n) is 5.22. The molecule has 0 aromatic rings. The quantitative estimate of drug-likeness (QED) is 0.530. The van der Waals surface area contributed by atoms with Gasteiger partial charge in [0.25, 0.3) is 0 Å². The van der Waals surface area contributed by atoms with Crippen LogP contribution in [0.1, 0.15) is 53.4 Å². The van der Waals surface area contributed by atoms with Gasteiger partial charge in [-0.3, -0.25) is 9.89 Å². The zero-order valence-electron chi connectivity index (χ0n) is 16.3. The highest BCUT2D eigenvalue weighted by Gasteiger charge is 2.27. The lowest BCUT2D eigenvalue weighted by Crippen LogP contribution is -2.55. The molecule has 0 aromatic heterocycles. The van der Waals surface area contributed by atoms with Crippen LogP contribution in [-0.4, -0.2) is 74.2 Å². The Hall–Kier alpha value is -0.810. The van der Waals surface area contributed by atoms with Crippen LogP contribution in [0, 0.1) is 0 Å². The first-order valence-corrected chi connectivity index (χ1v) is 9.30. The molecule has 2 N–H and O–H groups in total. The van der Waals surface area contributed by atoms with Gasteiger partial charge in [-0.1, -0.05) is 13.3 Å². The molecule has 1 heterocycles. The third-order valence-corrected chi connectivity index (χ3v) is 5.22. The van der Waals surface area contributed by atoms with Gasteiger partial charge in [0.15, 0.2) is 5.96 Å². The molecule has 1 fully saturated rings. The molecule has 23 heavy (non-hydrogen) atoms. The Kier molecular flexibility index (Phi) is 8.92. The van der Waals surface area contributed by atoms with Crippen LogP contribution in [0.3, 0.4) is 0 Å². The summed E-state index contributed by atoms with van der Waals surface area (Å²) in [4.78, 5) is 9.35. The van der Waals surface area contributed by atoms with E-state index >= 15 is 0 Å². The molecular formula is C18H39N5. The summed E-state index contributed by atoms with van der Waals surface area (Å²) in [5.74, 6) is 0.910. The summed E-state index contributed by atoms with van der Waals surface area (Å²) >= 11 is 0. The van der Waals surface area contributed by atoms with Crippen LogP contribution in [0.5, 0.6) is 0 Å². The highest BCUT2D eigenvalue weighted by atomic mass is 15.2. The summed E-state index contributed by atoms with van der Waals surface area (Å²) in [5.41, 5.74) is 0.172. The van der Waals surface area contributed by atoms with E-state index in [9.17, 15) is 0 Å². The number of aliphatic imine (C=N–C) groups is 1. The van der Waals surface area contributed by atoms with E-state index in [2.05, 4.69) is 60.2 Å². The predicted octanol–water partition coefficient (Wildman–Crippen LogP) is 2.15. The summed E-state index contributed by atoms with van der Waals surface area (Å²) in [5, 5.41) is 6.94. The Morgan fingerprint density at radius 3 is 2.43 bits per heavy atom. The number of piperidine rings is 1. The van der Waals surface area contributed by atoms with E-state index in [1.165, 1.54) is 38.8 Å². The molecule has 136 valence electrons. The Morgan fingerprint density at radius 2 is 1.87 bits per heavy atom. The second-order valence-corrected chi connectivity index (χ2v) is 7.45. The fraction of sp³-hybridized carbons (Fsp3) is 0.944. The van der Waals surface area contributed by atoms with Crippen LogP contribution < -0.4 is 10.6 Å². The maximum atomic E-state index is 4.36. The van der Waals surface area contributed by atoms with Crippen molar-refractivity contribution in [1.29, 1.82) is 0 Å². The first-order valence-electron chi connectivity index (χ1n) is 9.30. The van der Waals surface area contributed by atoms with E-state index < -0.39 is 0 Å². The Morgan fingerprint density at radius 1 is 1.22 bits per heavy atom. The number of guanidine groups is 1. The molecule has 1 aliphatic rings. The number of nitrogens with zero attached hydrogens (tertiary/aromatic N) is 3. The molecule has 0 aromatic carbocycles. The van der Waals surface area contributed by atoms with Gasteiger partial charge in [0.1, 0.15) is 0 Å². The highest BCUT2D eigenvalue weighted by molar-refractivity contribution is 5.79. The fourth-order valence-corrected chi connectivity index (χ4v) is 3.01. The van der Waals surface area contributed by atoms with E-state index in [0.29, 0.717) is 6.04 Å². The molecule has 5 nitrogen and oxygen atoms in total. The first-order chi connectivity index (χ1) is 10.9. The number of rotatable bonds is 8. The van der Waals surface area contributed by atoms with Gasteiger partial charge in [0.05, 0.1) is 0 Å². The minimum Gasteiger partial charge on any atom is -0.355 e. The summed E-state index contributed by atoms with van der Waals surface area (Å²) < 4.78 is 0. The number of likely N-dealkylation sites (tertiary alicyclic amines) is 1. The van der Waals surface area contributed by atoms with Crippen LogP contribution in [0.25, 0.3) is 0 Å². The van der Waals surface area contributed by atoms with E-state index in [0.717, 1.165) is 25.6 Å². The first kappa shape index (κ1) is 20.2. The molecule has 0 amide bonds. The molecule has 0 aliphatic carbocycles. The lowest BCUT2D eigenvalue weighted by molar-refractivity contribution is 0.0982. The van der Waals surface area contributed by atoms with Gasteiger partial charge in [-0.15, -0.1) is 0 Å². The predicted molar refractivity (Wildman–Crippen MR) is 101 cm³/mol. The smallest absolute Gasteiger partial charge is 0.191 e. The minimum absolute atomic E-state index is 0.172. The standard InChI is InChI=1S/C18H39N5/c1-7-16(2)22(6)14-11-20-17(19-5)21-15-18(3,4)23-12-9-8-10-13-23/h16H,7-15H2,1-6H3,(H2,19,20,21). The number of nitrogens with one attached hydrogen (secondary N) is 2. The Labute approximate surface area is 143 Å². The maximum absolute atomic E-state index is 4.36. The van der Waals surface area contributed by atoms with Gasteiger partial charge in [0, 0.05) is 38.3 Å². The van der Waals surface area contributed by atoms with Crippen LogP contribution in [0.4, 0.5) is 0 Å². The van der Waals surface area contributed by atoms with E-state index in [1.807, 2.05) is 7.05 Å². The fourth-order valence-electron chi connectivity index (χ4n) is 3.01. The number of hydrogen-bond acceptors (Lipinski definition) is 3. The van der Waals surface area contributed by atoms with Crippen molar-refractivity contribution in [3.05, 3.63) is 0 Å². The summed E-state index contributed by atoms with van der Waals surface area (Å²) in [6.45, 7) is 14.5. The van der Waals surface area contributed by atoms with Gasteiger partial charge >= 0.3 is 0 Å². The molecule has 0 spiro atoms. The van der Waals surface area contributed by atoms with Crippen molar-refractivity contribution < 1.29 is 0 Å². The van der Waals surface area contributed by atoms with Gasteiger partial charge < -0.3 is 15.5 Å². The zero-order chi connectivity index (χ0) is 17.3. The van der Waals surface area contributed by atoms with Gasteiger partial charge in [0.2, 0.25) is 0 Å². The molecule has 1 unspecified atom stereocenters. The van der Waals surface area contributed by atoms with Crippen molar-refractivity contribution in [2.75, 3.05) is 46.8 Å². The van der Waals surface area contributed by atoms with Crippen LogP contribution in [0.2, 0.25) is 0 Å². The van der Waals surface area contributed by atoms with Crippen molar-refractivity contribution in [2.45, 2.75) is 65.0 Å². The topological polar surface area (TPSA) is 42.9 Å². The molecular weight excluding hydrogens is 286 g/mol. The van der Waals surface area contributed by atoms with Crippen molar-refractivity contribution in [3.63, 3.8) is 0 Å². The average Bonchev–Trinajstić information content (AvgIpc) is 2.57. The van der Waals surface area contributed by atoms with E-state index in [-0.39, 0.29) is 5.54 Å². The summed E-state index contributed by atoms with van der Waals surface area (Å²) in [6.07, 6.45) is 5.23.